The number of alkyl halides is 3. The zero-order valence-electron chi connectivity index (χ0n) is 15.9. The van der Waals surface area contributed by atoms with Gasteiger partial charge in [-0.3, -0.25) is 9.59 Å². The highest BCUT2D eigenvalue weighted by Gasteiger charge is 2.30. The van der Waals surface area contributed by atoms with Crippen molar-refractivity contribution >= 4 is 11.6 Å². The maximum atomic E-state index is 12.9. The van der Waals surface area contributed by atoms with E-state index >= 15 is 0 Å². The SMILES string of the molecule is Cc1cccc(NC(=O)c2cccn(Cc3cccc(C(F)(F)F)c3)c2=O)c1C. The average molecular weight is 400 g/mol. The summed E-state index contributed by atoms with van der Waals surface area (Å²) >= 11 is 0. The van der Waals surface area contributed by atoms with Gasteiger partial charge in [-0.15, -0.1) is 0 Å². The number of hydrogen-bond acceptors (Lipinski definition) is 2. The van der Waals surface area contributed by atoms with Crippen LogP contribution in [0.3, 0.4) is 0 Å². The number of benzene rings is 2. The van der Waals surface area contributed by atoms with Crippen molar-refractivity contribution in [2.45, 2.75) is 26.6 Å². The van der Waals surface area contributed by atoms with Gasteiger partial charge in [0.25, 0.3) is 11.5 Å². The molecule has 1 aromatic heterocycles. The predicted molar refractivity (Wildman–Crippen MR) is 105 cm³/mol. The molecule has 29 heavy (non-hydrogen) atoms. The third-order valence-electron chi connectivity index (χ3n) is 4.72. The summed E-state index contributed by atoms with van der Waals surface area (Å²) in [6.07, 6.45) is -3.02. The fourth-order valence-electron chi connectivity index (χ4n) is 2.95. The first-order valence-corrected chi connectivity index (χ1v) is 8.90. The summed E-state index contributed by atoms with van der Waals surface area (Å²) in [4.78, 5) is 25.3. The van der Waals surface area contributed by atoms with Gasteiger partial charge >= 0.3 is 6.18 Å². The molecule has 0 aliphatic rings. The molecule has 0 unspecified atom stereocenters. The second-order valence-corrected chi connectivity index (χ2v) is 6.75. The first-order valence-electron chi connectivity index (χ1n) is 8.90. The molecule has 3 rings (SSSR count). The molecule has 1 heterocycles. The number of rotatable bonds is 4. The van der Waals surface area contributed by atoms with Crippen LogP contribution >= 0.6 is 0 Å². The second kappa shape index (κ2) is 7.95. The minimum Gasteiger partial charge on any atom is -0.322 e. The molecule has 0 radical (unpaired) electrons. The van der Waals surface area contributed by atoms with Crippen molar-refractivity contribution in [3.05, 3.63) is 99.0 Å². The standard InChI is InChI=1S/C22H19F3N2O2/c1-14-6-3-10-19(15(14)2)26-20(28)18-9-5-11-27(21(18)29)13-16-7-4-8-17(12-16)22(23,24)25/h3-12H,13H2,1-2H3,(H,26,28). The first kappa shape index (κ1) is 20.4. The van der Waals surface area contributed by atoms with E-state index in [2.05, 4.69) is 5.32 Å². The predicted octanol–water partition coefficient (Wildman–Crippen LogP) is 4.78. The third kappa shape index (κ3) is 4.56. The van der Waals surface area contributed by atoms with Gasteiger partial charge in [-0.2, -0.15) is 13.2 Å². The van der Waals surface area contributed by atoms with Crippen LogP contribution in [0, 0.1) is 13.8 Å². The monoisotopic (exact) mass is 400 g/mol. The molecule has 0 atom stereocenters. The van der Waals surface area contributed by atoms with E-state index in [1.807, 2.05) is 19.9 Å². The number of hydrogen-bond donors (Lipinski definition) is 1. The lowest BCUT2D eigenvalue weighted by molar-refractivity contribution is -0.137. The zero-order valence-corrected chi connectivity index (χ0v) is 15.9. The highest BCUT2D eigenvalue weighted by atomic mass is 19.4. The van der Waals surface area contributed by atoms with Crippen LogP contribution in [-0.4, -0.2) is 10.5 Å². The van der Waals surface area contributed by atoms with Crippen molar-refractivity contribution in [3.63, 3.8) is 0 Å². The number of pyridine rings is 1. The Hall–Kier alpha value is -3.35. The summed E-state index contributed by atoms with van der Waals surface area (Å²) in [5.74, 6) is -0.568. The van der Waals surface area contributed by atoms with Crippen molar-refractivity contribution < 1.29 is 18.0 Å². The van der Waals surface area contributed by atoms with Crippen LogP contribution in [0.5, 0.6) is 0 Å². The van der Waals surface area contributed by atoms with Crippen molar-refractivity contribution in [3.8, 4) is 0 Å². The molecule has 0 saturated carbocycles. The topological polar surface area (TPSA) is 51.1 Å². The van der Waals surface area contributed by atoms with E-state index in [4.69, 9.17) is 0 Å². The highest BCUT2D eigenvalue weighted by Crippen LogP contribution is 2.29. The van der Waals surface area contributed by atoms with Crippen LogP contribution in [0.2, 0.25) is 0 Å². The van der Waals surface area contributed by atoms with E-state index in [9.17, 15) is 22.8 Å². The molecule has 7 heteroatoms. The Kier molecular flexibility index (Phi) is 5.59. The molecule has 3 aromatic rings. The molecule has 0 bridgehead atoms. The lowest BCUT2D eigenvalue weighted by atomic mass is 10.1. The largest absolute Gasteiger partial charge is 0.416 e. The number of carbonyl (C=O) groups excluding carboxylic acids is 1. The summed E-state index contributed by atoms with van der Waals surface area (Å²) in [6.45, 7) is 3.70. The number of amides is 1. The number of halogens is 3. The van der Waals surface area contributed by atoms with Gasteiger partial charge in [0.05, 0.1) is 12.1 Å². The van der Waals surface area contributed by atoms with E-state index < -0.39 is 23.2 Å². The van der Waals surface area contributed by atoms with Gasteiger partial charge in [0.2, 0.25) is 0 Å². The molecule has 2 aromatic carbocycles. The molecule has 0 spiro atoms. The summed E-state index contributed by atoms with van der Waals surface area (Å²) < 4.78 is 39.9. The zero-order chi connectivity index (χ0) is 21.2. The fourth-order valence-corrected chi connectivity index (χ4v) is 2.95. The third-order valence-corrected chi connectivity index (χ3v) is 4.72. The number of anilines is 1. The summed E-state index contributed by atoms with van der Waals surface area (Å²) in [7, 11) is 0. The van der Waals surface area contributed by atoms with Crippen molar-refractivity contribution in [2.24, 2.45) is 0 Å². The average Bonchev–Trinajstić information content (AvgIpc) is 2.66. The fraction of sp³-hybridized carbons (Fsp3) is 0.182. The number of nitrogens with zero attached hydrogens (tertiary/aromatic N) is 1. The van der Waals surface area contributed by atoms with Gasteiger partial charge in [0.1, 0.15) is 5.56 Å². The summed E-state index contributed by atoms with van der Waals surface area (Å²) in [5, 5.41) is 2.73. The summed E-state index contributed by atoms with van der Waals surface area (Å²) in [5.41, 5.74) is 1.36. The first-order chi connectivity index (χ1) is 13.7. The molecule has 0 aliphatic carbocycles. The lowest BCUT2D eigenvalue weighted by Gasteiger charge is -2.12. The van der Waals surface area contributed by atoms with Crippen molar-refractivity contribution in [1.29, 1.82) is 0 Å². The quantitative estimate of drug-likeness (QED) is 0.685. The van der Waals surface area contributed by atoms with Crippen LogP contribution < -0.4 is 10.9 Å². The van der Waals surface area contributed by atoms with Gasteiger partial charge in [-0.25, -0.2) is 0 Å². The van der Waals surface area contributed by atoms with Gasteiger partial charge in [-0.1, -0.05) is 24.3 Å². The maximum Gasteiger partial charge on any atom is 0.416 e. The molecule has 150 valence electrons. The number of aryl methyl sites for hydroxylation is 1. The molecule has 0 aliphatic heterocycles. The van der Waals surface area contributed by atoms with Crippen LogP contribution in [0.4, 0.5) is 18.9 Å². The Balaban J connectivity index is 1.87. The van der Waals surface area contributed by atoms with Gasteiger partial charge in [0.15, 0.2) is 0 Å². The highest BCUT2D eigenvalue weighted by molar-refractivity contribution is 6.04. The van der Waals surface area contributed by atoms with E-state index in [1.54, 1.807) is 12.1 Å². The van der Waals surface area contributed by atoms with Crippen molar-refractivity contribution in [1.82, 2.24) is 4.57 Å². The summed E-state index contributed by atoms with van der Waals surface area (Å²) in [6, 6.07) is 13.1. The Morgan fingerprint density at radius 3 is 2.48 bits per heavy atom. The number of nitrogens with one attached hydrogen (secondary N) is 1. The second-order valence-electron chi connectivity index (χ2n) is 6.75. The van der Waals surface area contributed by atoms with Gasteiger partial charge in [0, 0.05) is 11.9 Å². The molecule has 4 nitrogen and oxygen atoms in total. The molecular weight excluding hydrogens is 381 g/mol. The minimum atomic E-state index is -4.46. The number of carbonyl (C=O) groups is 1. The Labute approximate surface area is 165 Å². The van der Waals surface area contributed by atoms with Gasteiger partial charge < -0.3 is 9.88 Å². The molecule has 0 saturated heterocycles. The smallest absolute Gasteiger partial charge is 0.322 e. The Bertz CT molecular complexity index is 1120. The Morgan fingerprint density at radius 1 is 1.03 bits per heavy atom. The van der Waals surface area contributed by atoms with Crippen LogP contribution in [0.15, 0.2) is 65.6 Å². The van der Waals surface area contributed by atoms with E-state index in [0.717, 1.165) is 23.3 Å². The van der Waals surface area contributed by atoms with E-state index in [-0.39, 0.29) is 12.1 Å². The normalized spacial score (nSPS) is 11.3. The minimum absolute atomic E-state index is 0.0760. The van der Waals surface area contributed by atoms with Crippen LogP contribution in [-0.2, 0) is 12.7 Å². The molecule has 0 fully saturated rings. The molecular formula is C22H19F3N2O2. The lowest BCUT2D eigenvalue weighted by Crippen LogP contribution is -2.29. The molecule has 1 amide bonds. The van der Waals surface area contributed by atoms with E-state index in [0.29, 0.717) is 11.3 Å². The van der Waals surface area contributed by atoms with Crippen LogP contribution in [0.1, 0.15) is 32.6 Å². The number of aromatic nitrogens is 1. The molecule has 1 N–H and O–H groups in total. The van der Waals surface area contributed by atoms with Crippen molar-refractivity contribution in [2.75, 3.05) is 5.32 Å². The van der Waals surface area contributed by atoms with E-state index in [1.165, 1.54) is 35.0 Å². The maximum absolute atomic E-state index is 12.9. The van der Waals surface area contributed by atoms with Crippen LogP contribution in [0.25, 0.3) is 0 Å². The van der Waals surface area contributed by atoms with Gasteiger partial charge in [-0.05, 0) is 60.9 Å². The Morgan fingerprint density at radius 2 is 1.76 bits per heavy atom.